The molecule has 2 heterocycles. The average Bonchev–Trinajstić information content (AvgIpc) is 3.28. The lowest BCUT2D eigenvalue weighted by atomic mass is 9.98. The van der Waals surface area contributed by atoms with Crippen LogP contribution in [0, 0.1) is 0 Å². The van der Waals surface area contributed by atoms with Crippen molar-refractivity contribution in [3.8, 4) is 22.6 Å². The zero-order valence-electron chi connectivity index (χ0n) is 12.5. The average molecular weight is 313 g/mol. The molecule has 0 aliphatic heterocycles. The summed E-state index contributed by atoms with van der Waals surface area (Å²) in [5.74, 6) is 0.584. The van der Waals surface area contributed by atoms with E-state index in [1.54, 1.807) is 0 Å². The van der Waals surface area contributed by atoms with Crippen LogP contribution in [0.15, 0.2) is 75.7 Å². The largest absolute Gasteiger partial charge is 0.436 e. The molecule has 3 aromatic carbocycles. The maximum Gasteiger partial charge on any atom is 0.227 e. The molecule has 0 aliphatic rings. The molecule has 0 atom stereocenters. The zero-order valence-corrected chi connectivity index (χ0v) is 12.5. The first-order valence-corrected chi connectivity index (χ1v) is 7.56. The van der Waals surface area contributed by atoms with Gasteiger partial charge >= 0.3 is 0 Å². The first-order valence-electron chi connectivity index (χ1n) is 7.56. The SMILES string of the molecule is c1ccc(-c2cccc3onnc23)c(-c2nc3ccccc3o2)c1. The van der Waals surface area contributed by atoms with Crippen molar-refractivity contribution in [1.82, 2.24) is 15.4 Å². The molecule has 24 heavy (non-hydrogen) atoms. The topological polar surface area (TPSA) is 65.0 Å². The molecule has 2 aromatic heterocycles. The molecule has 0 aliphatic carbocycles. The number of nitrogens with zero attached hydrogens (tertiary/aromatic N) is 3. The van der Waals surface area contributed by atoms with Gasteiger partial charge in [0.1, 0.15) is 11.0 Å². The normalized spacial score (nSPS) is 11.3. The van der Waals surface area contributed by atoms with Crippen molar-refractivity contribution in [2.75, 3.05) is 0 Å². The van der Waals surface area contributed by atoms with Gasteiger partial charge in [0.2, 0.25) is 5.89 Å². The van der Waals surface area contributed by atoms with Crippen molar-refractivity contribution in [1.29, 1.82) is 0 Å². The predicted molar refractivity (Wildman–Crippen MR) is 90.2 cm³/mol. The fourth-order valence-electron chi connectivity index (χ4n) is 2.91. The summed E-state index contributed by atoms with van der Waals surface area (Å²) in [7, 11) is 0. The number of aromatic nitrogens is 3. The van der Waals surface area contributed by atoms with Gasteiger partial charge in [-0.1, -0.05) is 42.5 Å². The molecule has 5 rings (SSSR count). The van der Waals surface area contributed by atoms with Crippen LogP contribution < -0.4 is 0 Å². The lowest BCUT2D eigenvalue weighted by Crippen LogP contribution is -1.86. The molecule has 114 valence electrons. The minimum Gasteiger partial charge on any atom is -0.436 e. The number of para-hydroxylation sites is 2. The van der Waals surface area contributed by atoms with Gasteiger partial charge in [-0.05, 0) is 29.8 Å². The van der Waals surface area contributed by atoms with E-state index in [4.69, 9.17) is 8.94 Å². The molecule has 0 fully saturated rings. The predicted octanol–water partition coefficient (Wildman–Crippen LogP) is 4.70. The van der Waals surface area contributed by atoms with Crippen molar-refractivity contribution in [2.45, 2.75) is 0 Å². The van der Waals surface area contributed by atoms with Gasteiger partial charge in [-0.25, -0.2) is 4.98 Å². The van der Waals surface area contributed by atoms with Gasteiger partial charge in [-0.3, -0.25) is 0 Å². The molecular formula is C19H11N3O2. The fourth-order valence-corrected chi connectivity index (χ4v) is 2.91. The minimum atomic E-state index is 0.584. The Morgan fingerprint density at radius 3 is 2.33 bits per heavy atom. The third kappa shape index (κ3) is 1.91. The summed E-state index contributed by atoms with van der Waals surface area (Å²) in [5.41, 5.74) is 5.80. The lowest BCUT2D eigenvalue weighted by Gasteiger charge is -2.06. The Kier molecular flexibility index (Phi) is 2.72. The van der Waals surface area contributed by atoms with Crippen molar-refractivity contribution in [3.63, 3.8) is 0 Å². The van der Waals surface area contributed by atoms with Crippen LogP contribution in [0.25, 0.3) is 44.8 Å². The Morgan fingerprint density at radius 2 is 1.42 bits per heavy atom. The van der Waals surface area contributed by atoms with E-state index < -0.39 is 0 Å². The molecule has 0 saturated carbocycles. The van der Waals surface area contributed by atoms with E-state index in [2.05, 4.69) is 15.4 Å². The highest BCUT2D eigenvalue weighted by atomic mass is 16.5. The molecule has 0 bridgehead atoms. The number of oxazole rings is 1. The summed E-state index contributed by atoms with van der Waals surface area (Å²) in [5, 5.41) is 7.77. The molecule has 0 radical (unpaired) electrons. The first kappa shape index (κ1) is 13.0. The molecule has 0 amide bonds. The fraction of sp³-hybridized carbons (Fsp3) is 0. The van der Waals surface area contributed by atoms with Crippen LogP contribution >= 0.6 is 0 Å². The molecule has 5 nitrogen and oxygen atoms in total. The van der Waals surface area contributed by atoms with Crippen LogP contribution in [-0.4, -0.2) is 15.4 Å². The van der Waals surface area contributed by atoms with Gasteiger partial charge in [-0.2, -0.15) is 0 Å². The van der Waals surface area contributed by atoms with Crippen LogP contribution in [-0.2, 0) is 0 Å². The van der Waals surface area contributed by atoms with Crippen LogP contribution in [0.5, 0.6) is 0 Å². The van der Waals surface area contributed by atoms with E-state index in [-0.39, 0.29) is 0 Å². The van der Waals surface area contributed by atoms with E-state index >= 15 is 0 Å². The molecule has 0 spiro atoms. The van der Waals surface area contributed by atoms with Crippen molar-refractivity contribution in [2.24, 2.45) is 0 Å². The number of hydrogen-bond acceptors (Lipinski definition) is 5. The van der Waals surface area contributed by atoms with E-state index in [0.29, 0.717) is 11.5 Å². The Labute approximate surface area is 136 Å². The second kappa shape index (κ2) is 5.03. The number of rotatable bonds is 2. The highest BCUT2D eigenvalue weighted by Crippen LogP contribution is 2.35. The Balaban J connectivity index is 1.78. The lowest BCUT2D eigenvalue weighted by molar-refractivity contribution is 0.424. The molecule has 0 saturated heterocycles. The maximum absolute atomic E-state index is 5.94. The van der Waals surface area contributed by atoms with E-state index in [1.165, 1.54) is 0 Å². The highest BCUT2D eigenvalue weighted by molar-refractivity contribution is 5.95. The quantitative estimate of drug-likeness (QED) is 0.472. The maximum atomic E-state index is 5.94. The molecule has 5 heteroatoms. The van der Waals surface area contributed by atoms with E-state index in [9.17, 15) is 0 Å². The summed E-state index contributed by atoms with van der Waals surface area (Å²) in [6.45, 7) is 0. The highest BCUT2D eigenvalue weighted by Gasteiger charge is 2.16. The van der Waals surface area contributed by atoms with Gasteiger partial charge < -0.3 is 8.94 Å². The number of fused-ring (bicyclic) bond motifs is 2. The smallest absolute Gasteiger partial charge is 0.227 e. The van der Waals surface area contributed by atoms with Gasteiger partial charge in [0.15, 0.2) is 11.2 Å². The second-order valence-corrected chi connectivity index (χ2v) is 5.46. The Morgan fingerprint density at radius 1 is 0.667 bits per heavy atom. The second-order valence-electron chi connectivity index (χ2n) is 5.46. The van der Waals surface area contributed by atoms with Gasteiger partial charge in [0.25, 0.3) is 0 Å². The van der Waals surface area contributed by atoms with Crippen molar-refractivity contribution < 1.29 is 8.94 Å². The summed E-state index contributed by atoms with van der Waals surface area (Å²) in [6, 6.07) is 21.5. The van der Waals surface area contributed by atoms with Crippen LogP contribution in [0.2, 0.25) is 0 Å². The van der Waals surface area contributed by atoms with Crippen molar-refractivity contribution in [3.05, 3.63) is 66.7 Å². The minimum absolute atomic E-state index is 0.584. The molecular weight excluding hydrogens is 302 g/mol. The number of hydrogen-bond donors (Lipinski definition) is 0. The first-order chi connectivity index (χ1) is 11.9. The van der Waals surface area contributed by atoms with Crippen molar-refractivity contribution >= 4 is 22.2 Å². The van der Waals surface area contributed by atoms with Gasteiger partial charge in [0.05, 0.1) is 0 Å². The van der Waals surface area contributed by atoms with Crippen LogP contribution in [0.3, 0.4) is 0 Å². The number of benzene rings is 3. The Hall–Kier alpha value is -3.47. The third-order valence-corrected chi connectivity index (χ3v) is 4.02. The molecule has 0 N–H and O–H groups in total. The van der Waals surface area contributed by atoms with E-state index in [0.717, 1.165) is 33.3 Å². The summed E-state index contributed by atoms with van der Waals surface area (Å²) < 4.78 is 11.1. The van der Waals surface area contributed by atoms with Gasteiger partial charge in [-0.15, -0.1) is 5.10 Å². The molecule has 0 unspecified atom stereocenters. The van der Waals surface area contributed by atoms with E-state index in [1.807, 2.05) is 66.7 Å². The summed E-state index contributed by atoms with van der Waals surface area (Å²) in [4.78, 5) is 4.61. The van der Waals surface area contributed by atoms with Crippen LogP contribution in [0.1, 0.15) is 0 Å². The third-order valence-electron chi connectivity index (χ3n) is 4.02. The molecule has 5 aromatic rings. The van der Waals surface area contributed by atoms with Crippen LogP contribution in [0.4, 0.5) is 0 Å². The standard InChI is InChI=1S/C19H11N3O2/c1-2-7-14(19-20-15-9-3-4-10-16(15)23-19)12(6-1)13-8-5-11-17-18(13)21-22-24-17/h1-11H. The summed E-state index contributed by atoms with van der Waals surface area (Å²) in [6.07, 6.45) is 0. The summed E-state index contributed by atoms with van der Waals surface area (Å²) >= 11 is 0. The Bertz CT molecular complexity index is 1140. The van der Waals surface area contributed by atoms with Gasteiger partial charge in [0, 0.05) is 16.4 Å². The monoisotopic (exact) mass is 313 g/mol. The zero-order chi connectivity index (χ0) is 15.9.